The molecule has 1 atom stereocenters. The highest BCUT2D eigenvalue weighted by atomic mass is 19.1. The Labute approximate surface area is 162 Å². The summed E-state index contributed by atoms with van der Waals surface area (Å²) < 4.78 is 21.2. The van der Waals surface area contributed by atoms with Crippen LogP contribution in [0.2, 0.25) is 0 Å². The summed E-state index contributed by atoms with van der Waals surface area (Å²) >= 11 is 0. The van der Waals surface area contributed by atoms with Crippen LogP contribution >= 0.6 is 0 Å². The average Bonchev–Trinajstić information content (AvgIpc) is 3.01. The Morgan fingerprint density at radius 3 is 2.89 bits per heavy atom. The number of carbonyl (C=O) groups is 2. The van der Waals surface area contributed by atoms with E-state index in [2.05, 4.69) is 5.10 Å². The second-order valence-corrected chi connectivity index (χ2v) is 7.48. The van der Waals surface area contributed by atoms with Gasteiger partial charge in [-0.3, -0.25) is 14.3 Å². The first-order valence-corrected chi connectivity index (χ1v) is 9.44. The molecule has 2 saturated heterocycles. The van der Waals surface area contributed by atoms with Gasteiger partial charge in [0.1, 0.15) is 12.4 Å². The largest absolute Gasteiger partial charge is 0.363 e. The lowest BCUT2D eigenvalue weighted by Gasteiger charge is -2.42. The number of aromatic nitrogens is 2. The van der Waals surface area contributed by atoms with E-state index < -0.39 is 5.60 Å². The van der Waals surface area contributed by atoms with Crippen LogP contribution in [0, 0.1) is 5.82 Å². The molecule has 4 rings (SSSR count). The molecule has 2 fully saturated rings. The Hall–Kier alpha value is -2.74. The summed E-state index contributed by atoms with van der Waals surface area (Å²) in [6.45, 7) is 1.50. The minimum atomic E-state index is -0.524. The molecule has 1 unspecified atom stereocenters. The van der Waals surface area contributed by atoms with E-state index in [1.807, 2.05) is 4.90 Å². The molecule has 0 N–H and O–H groups in total. The van der Waals surface area contributed by atoms with Crippen LogP contribution in [0.1, 0.15) is 29.6 Å². The molecule has 2 aliphatic heterocycles. The Morgan fingerprint density at radius 1 is 1.29 bits per heavy atom. The molecule has 148 valence electrons. The Kier molecular flexibility index (Phi) is 4.89. The molecule has 8 heteroatoms. The molecule has 2 amide bonds. The molecule has 1 aromatic heterocycles. The van der Waals surface area contributed by atoms with E-state index in [4.69, 9.17) is 4.74 Å². The van der Waals surface area contributed by atoms with E-state index >= 15 is 0 Å². The fourth-order valence-electron chi connectivity index (χ4n) is 3.98. The lowest BCUT2D eigenvalue weighted by atomic mass is 9.92. The van der Waals surface area contributed by atoms with Gasteiger partial charge in [0.2, 0.25) is 0 Å². The van der Waals surface area contributed by atoms with Crippen molar-refractivity contribution in [3.05, 3.63) is 48.0 Å². The second-order valence-electron chi connectivity index (χ2n) is 7.48. The maximum Gasteiger partial charge on any atom is 0.257 e. The maximum absolute atomic E-state index is 13.6. The molecule has 0 bridgehead atoms. The summed E-state index contributed by atoms with van der Waals surface area (Å²) in [6, 6.07) is 6.06. The van der Waals surface area contributed by atoms with Gasteiger partial charge in [-0.2, -0.15) is 5.10 Å². The molecule has 2 aliphatic rings. The molecular formula is C20H23FN4O3. The van der Waals surface area contributed by atoms with Gasteiger partial charge in [-0.15, -0.1) is 0 Å². The number of morpholine rings is 1. The van der Waals surface area contributed by atoms with Gasteiger partial charge in [-0.05, 0) is 37.5 Å². The highest BCUT2D eigenvalue weighted by Gasteiger charge is 2.42. The van der Waals surface area contributed by atoms with Gasteiger partial charge in [-0.25, -0.2) is 4.39 Å². The van der Waals surface area contributed by atoms with Gasteiger partial charge in [-0.1, -0.05) is 6.07 Å². The molecule has 1 aromatic carbocycles. The number of anilines is 1. The molecule has 7 nitrogen and oxygen atoms in total. The number of carbonyl (C=O) groups excluding carboxylic acids is 2. The highest BCUT2D eigenvalue weighted by Crippen LogP contribution is 2.33. The standard InChI is InChI=1S/C20H23FN4O3/c1-23-12-15(11-22-23)19(27)24-8-3-6-20(7-9-24)14-25(18(26)13-28-20)17-5-2-4-16(21)10-17/h2,4-5,10-12H,3,6-9,13-14H2,1H3. The number of hydrogen-bond acceptors (Lipinski definition) is 4. The highest BCUT2D eigenvalue weighted by molar-refractivity contribution is 5.95. The van der Waals surface area contributed by atoms with E-state index in [1.165, 1.54) is 12.1 Å². The van der Waals surface area contributed by atoms with E-state index in [1.54, 1.807) is 41.2 Å². The third-order valence-electron chi connectivity index (χ3n) is 5.51. The topological polar surface area (TPSA) is 67.7 Å². The van der Waals surface area contributed by atoms with Crippen LogP contribution in [0.5, 0.6) is 0 Å². The van der Waals surface area contributed by atoms with E-state index in [0.717, 1.165) is 12.8 Å². The molecule has 1 spiro atoms. The van der Waals surface area contributed by atoms with E-state index in [9.17, 15) is 14.0 Å². The summed E-state index contributed by atoms with van der Waals surface area (Å²) in [7, 11) is 1.78. The van der Waals surface area contributed by atoms with Crippen LogP contribution < -0.4 is 4.90 Å². The van der Waals surface area contributed by atoms with Crippen LogP contribution in [0.4, 0.5) is 10.1 Å². The first-order valence-electron chi connectivity index (χ1n) is 9.44. The lowest BCUT2D eigenvalue weighted by Crippen LogP contribution is -2.55. The van der Waals surface area contributed by atoms with Crippen molar-refractivity contribution < 1.29 is 18.7 Å². The zero-order chi connectivity index (χ0) is 19.7. The van der Waals surface area contributed by atoms with Crippen molar-refractivity contribution in [3.63, 3.8) is 0 Å². The Balaban J connectivity index is 1.49. The van der Waals surface area contributed by atoms with Crippen LogP contribution in [0.15, 0.2) is 36.7 Å². The predicted molar refractivity (Wildman–Crippen MR) is 100 cm³/mol. The molecule has 0 aliphatic carbocycles. The third-order valence-corrected chi connectivity index (χ3v) is 5.51. The minimum absolute atomic E-state index is 0.0347. The summed E-state index contributed by atoms with van der Waals surface area (Å²) in [6.07, 6.45) is 5.42. The number of hydrogen-bond donors (Lipinski definition) is 0. The van der Waals surface area contributed by atoms with Crippen molar-refractivity contribution in [2.75, 3.05) is 31.1 Å². The number of likely N-dealkylation sites (tertiary alicyclic amines) is 1. The molecular weight excluding hydrogens is 363 g/mol. The second kappa shape index (κ2) is 7.35. The minimum Gasteiger partial charge on any atom is -0.363 e. The number of halogens is 1. The van der Waals surface area contributed by atoms with Crippen LogP contribution in [-0.2, 0) is 16.6 Å². The number of aryl methyl sites for hydroxylation is 1. The summed E-state index contributed by atoms with van der Waals surface area (Å²) in [5.74, 6) is -0.595. The van der Waals surface area contributed by atoms with E-state index in [-0.39, 0.29) is 24.2 Å². The maximum atomic E-state index is 13.6. The van der Waals surface area contributed by atoms with Crippen LogP contribution in [-0.4, -0.2) is 58.3 Å². The monoisotopic (exact) mass is 386 g/mol. The lowest BCUT2D eigenvalue weighted by molar-refractivity contribution is -0.140. The molecule has 28 heavy (non-hydrogen) atoms. The Morgan fingerprint density at radius 2 is 2.14 bits per heavy atom. The zero-order valence-corrected chi connectivity index (χ0v) is 15.8. The normalized spacial score (nSPS) is 23.1. The smallest absolute Gasteiger partial charge is 0.257 e. The number of nitrogens with zero attached hydrogens (tertiary/aromatic N) is 4. The average molecular weight is 386 g/mol. The first kappa shape index (κ1) is 18.6. The number of benzene rings is 1. The van der Waals surface area contributed by atoms with Gasteiger partial charge < -0.3 is 14.5 Å². The van der Waals surface area contributed by atoms with Crippen molar-refractivity contribution in [2.24, 2.45) is 7.05 Å². The van der Waals surface area contributed by atoms with Crippen LogP contribution in [0.25, 0.3) is 0 Å². The van der Waals surface area contributed by atoms with Crippen molar-refractivity contribution >= 4 is 17.5 Å². The quantitative estimate of drug-likeness (QED) is 0.792. The fraction of sp³-hybridized carbons (Fsp3) is 0.450. The van der Waals surface area contributed by atoms with Crippen molar-refractivity contribution in [3.8, 4) is 0 Å². The van der Waals surface area contributed by atoms with Gasteiger partial charge >= 0.3 is 0 Å². The fourth-order valence-corrected chi connectivity index (χ4v) is 3.98. The van der Waals surface area contributed by atoms with Gasteiger partial charge in [0.15, 0.2) is 0 Å². The number of ether oxygens (including phenoxy) is 1. The predicted octanol–water partition coefficient (Wildman–Crippen LogP) is 1.99. The van der Waals surface area contributed by atoms with E-state index in [0.29, 0.717) is 37.3 Å². The molecule has 3 heterocycles. The number of amides is 2. The molecule has 0 saturated carbocycles. The Bertz CT molecular complexity index is 899. The summed E-state index contributed by atoms with van der Waals surface area (Å²) in [5.41, 5.74) is 0.587. The van der Waals surface area contributed by atoms with Crippen LogP contribution in [0.3, 0.4) is 0 Å². The van der Waals surface area contributed by atoms with Crippen molar-refractivity contribution in [2.45, 2.75) is 24.9 Å². The molecule has 2 aromatic rings. The van der Waals surface area contributed by atoms with Gasteiger partial charge in [0, 0.05) is 32.0 Å². The van der Waals surface area contributed by atoms with Gasteiger partial charge in [0.25, 0.3) is 11.8 Å². The third kappa shape index (κ3) is 3.64. The zero-order valence-electron chi connectivity index (χ0n) is 15.8. The van der Waals surface area contributed by atoms with Crippen molar-refractivity contribution in [1.29, 1.82) is 0 Å². The summed E-state index contributed by atoms with van der Waals surface area (Å²) in [5, 5.41) is 4.07. The SMILES string of the molecule is Cn1cc(C(=O)N2CCCC3(CC2)CN(c2cccc(F)c2)C(=O)CO3)cn1. The first-order chi connectivity index (χ1) is 13.5. The number of rotatable bonds is 2. The van der Waals surface area contributed by atoms with Crippen molar-refractivity contribution in [1.82, 2.24) is 14.7 Å². The molecule has 0 radical (unpaired) electrons. The summed E-state index contributed by atoms with van der Waals surface area (Å²) in [4.78, 5) is 28.5. The van der Waals surface area contributed by atoms with Gasteiger partial charge in [0.05, 0.1) is 23.9 Å².